The molecule has 1 saturated carbocycles. The van der Waals surface area contributed by atoms with Crippen LogP contribution < -0.4 is 10.1 Å². The van der Waals surface area contributed by atoms with Gasteiger partial charge < -0.3 is 15.0 Å². The van der Waals surface area contributed by atoms with Gasteiger partial charge in [0, 0.05) is 63.4 Å². The maximum atomic E-state index is 14.0. The highest BCUT2D eigenvalue weighted by Crippen LogP contribution is 2.58. The number of aromatic nitrogens is 1. The summed E-state index contributed by atoms with van der Waals surface area (Å²) in [6, 6.07) is 5.98. The van der Waals surface area contributed by atoms with Crippen molar-refractivity contribution in [1.82, 2.24) is 19.5 Å². The molecule has 4 bridgehead atoms. The molecule has 1 aliphatic carbocycles. The van der Waals surface area contributed by atoms with Gasteiger partial charge in [-0.25, -0.2) is 9.36 Å². The maximum absolute atomic E-state index is 14.0. The van der Waals surface area contributed by atoms with E-state index in [1.165, 1.54) is 26.2 Å². The smallest absolute Gasteiger partial charge is 0.410 e. The summed E-state index contributed by atoms with van der Waals surface area (Å²) in [4.78, 5) is 17.0. The Hall–Kier alpha value is -1.90. The molecule has 10 heteroatoms. The number of hydrogen-bond acceptors (Lipinski definition) is 7. The van der Waals surface area contributed by atoms with Crippen LogP contribution in [-0.2, 0) is 20.0 Å². The quantitative estimate of drug-likeness (QED) is 0.522. The van der Waals surface area contributed by atoms with Gasteiger partial charge in [-0.1, -0.05) is 13.3 Å². The number of ether oxygens (including phenoxy) is 1. The molecule has 2 aromatic rings. The minimum atomic E-state index is -3.60. The molecule has 1 aromatic carbocycles. The number of amides is 1. The molecule has 3 fully saturated rings. The van der Waals surface area contributed by atoms with Crippen LogP contribution in [0.5, 0.6) is 5.75 Å². The first kappa shape index (κ1) is 25.7. The summed E-state index contributed by atoms with van der Waals surface area (Å²) in [5.74, 6) is 2.02. The van der Waals surface area contributed by atoms with Crippen LogP contribution >= 0.6 is 7.75 Å². The summed E-state index contributed by atoms with van der Waals surface area (Å²) in [5.41, 5.74) is 3.06. The summed E-state index contributed by atoms with van der Waals surface area (Å²) in [6.07, 6.45) is 3.88. The van der Waals surface area contributed by atoms with Crippen LogP contribution in [0.4, 0.5) is 4.79 Å². The van der Waals surface area contributed by atoms with E-state index in [2.05, 4.69) is 17.1 Å². The molecule has 6 rings (SSSR count). The number of carbonyl (C=O) groups is 1. The molecule has 4 aliphatic rings. The van der Waals surface area contributed by atoms with E-state index in [0.29, 0.717) is 30.2 Å². The first-order valence-corrected chi connectivity index (χ1v) is 14.5. The van der Waals surface area contributed by atoms with Crippen molar-refractivity contribution >= 4 is 24.7 Å². The van der Waals surface area contributed by atoms with E-state index in [1.807, 2.05) is 35.5 Å². The Bertz CT molecular complexity index is 1170. The first-order chi connectivity index (χ1) is 17.3. The van der Waals surface area contributed by atoms with Gasteiger partial charge in [-0.05, 0) is 69.0 Å². The van der Waals surface area contributed by atoms with Crippen molar-refractivity contribution in [2.45, 2.75) is 44.6 Å². The molecule has 0 spiro atoms. The second-order valence-corrected chi connectivity index (χ2v) is 12.7. The van der Waals surface area contributed by atoms with Gasteiger partial charge in [0.05, 0.1) is 5.52 Å². The molecule has 1 amide bonds. The van der Waals surface area contributed by atoms with E-state index in [0.717, 1.165) is 55.5 Å². The number of nitrogens with one attached hydrogen (secondary N) is 1. The molecule has 1 N–H and O–H groups in total. The highest BCUT2D eigenvalue weighted by molar-refractivity contribution is 7.52. The monoisotopic (exact) mass is 518 g/mol. The topological polar surface area (TPSA) is 85.3 Å². The third kappa shape index (κ3) is 4.39. The lowest BCUT2D eigenvalue weighted by Crippen LogP contribution is -2.56. The highest BCUT2D eigenvalue weighted by atomic mass is 31.2. The van der Waals surface area contributed by atoms with E-state index in [9.17, 15) is 9.36 Å². The standard InChI is InChI=1S/C26H39N4O5P/c1-6-18-13-17-14-22-24(18)29(16-17)11-9-20-21-15-19(35-26(31)27-10-12-28(2)3)7-8-23(21)30(25(20)22)36(32,33-4)34-5/h7-8,15,17-18,22,24H,6,9-14,16H2,1-5H3,(H,27,31)/t17-,18+,22-,24+/m1/s1. The lowest BCUT2D eigenvalue weighted by atomic mass is 9.65. The van der Waals surface area contributed by atoms with Crippen LogP contribution in [0.25, 0.3) is 10.9 Å². The number of carbonyl (C=O) groups excluding carboxylic acids is 1. The Balaban J connectivity index is 1.59. The van der Waals surface area contributed by atoms with Crippen molar-refractivity contribution in [2.24, 2.45) is 11.8 Å². The van der Waals surface area contributed by atoms with Crippen LogP contribution in [0.15, 0.2) is 18.2 Å². The molecule has 5 atom stereocenters. The number of piperidine rings is 2. The molecule has 0 radical (unpaired) electrons. The minimum absolute atomic E-state index is 0.268. The zero-order valence-corrected chi connectivity index (χ0v) is 22.9. The Morgan fingerprint density at radius 3 is 2.69 bits per heavy atom. The average Bonchev–Trinajstić information content (AvgIpc) is 3.14. The van der Waals surface area contributed by atoms with Gasteiger partial charge in [0.25, 0.3) is 0 Å². The van der Waals surface area contributed by atoms with E-state index in [4.69, 9.17) is 13.8 Å². The summed E-state index contributed by atoms with van der Waals surface area (Å²) >= 11 is 0. The second kappa shape index (κ2) is 10.1. The van der Waals surface area contributed by atoms with E-state index in [1.54, 1.807) is 6.07 Å². The molecule has 1 unspecified atom stereocenters. The number of benzene rings is 1. The summed E-state index contributed by atoms with van der Waals surface area (Å²) in [6.45, 7) is 5.64. The molecule has 36 heavy (non-hydrogen) atoms. The molecule has 4 heterocycles. The van der Waals surface area contributed by atoms with Gasteiger partial charge in [-0.2, -0.15) is 0 Å². The van der Waals surface area contributed by atoms with Crippen molar-refractivity contribution in [3.05, 3.63) is 29.5 Å². The summed E-state index contributed by atoms with van der Waals surface area (Å²) in [7, 11) is 3.20. The van der Waals surface area contributed by atoms with Gasteiger partial charge >= 0.3 is 13.8 Å². The summed E-state index contributed by atoms with van der Waals surface area (Å²) < 4.78 is 32.6. The lowest BCUT2D eigenvalue weighted by molar-refractivity contribution is -0.0138. The van der Waals surface area contributed by atoms with Crippen LogP contribution in [0.3, 0.4) is 0 Å². The maximum Gasteiger partial charge on any atom is 0.439 e. The van der Waals surface area contributed by atoms with Crippen molar-refractivity contribution in [2.75, 3.05) is 54.5 Å². The van der Waals surface area contributed by atoms with Crippen LogP contribution in [-0.4, -0.2) is 80.8 Å². The van der Waals surface area contributed by atoms with Gasteiger partial charge in [-0.15, -0.1) is 0 Å². The predicted molar refractivity (Wildman–Crippen MR) is 140 cm³/mol. The third-order valence-electron chi connectivity index (χ3n) is 8.36. The first-order valence-electron chi connectivity index (χ1n) is 13.0. The van der Waals surface area contributed by atoms with E-state index in [-0.39, 0.29) is 5.92 Å². The molecular weight excluding hydrogens is 479 g/mol. The zero-order valence-electron chi connectivity index (χ0n) is 22.0. The minimum Gasteiger partial charge on any atom is -0.410 e. The van der Waals surface area contributed by atoms with Gasteiger partial charge in [0.15, 0.2) is 0 Å². The highest BCUT2D eigenvalue weighted by Gasteiger charge is 2.50. The fourth-order valence-corrected chi connectivity index (χ4v) is 8.34. The number of nitrogens with zero attached hydrogens (tertiary/aromatic N) is 3. The second-order valence-electron chi connectivity index (χ2n) is 10.7. The van der Waals surface area contributed by atoms with Gasteiger partial charge in [0.2, 0.25) is 0 Å². The Labute approximate surface area is 213 Å². The molecule has 2 saturated heterocycles. The molecule has 1 aromatic heterocycles. The normalized spacial score (nSPS) is 27.2. The molecular formula is C26H39N4O5P. The molecule has 3 aliphatic heterocycles. The van der Waals surface area contributed by atoms with Crippen LogP contribution in [0.1, 0.15) is 43.4 Å². The van der Waals surface area contributed by atoms with Crippen molar-refractivity contribution in [1.29, 1.82) is 0 Å². The Kier molecular flexibility index (Phi) is 7.22. The van der Waals surface area contributed by atoms with Gasteiger partial charge in [0.1, 0.15) is 5.75 Å². The van der Waals surface area contributed by atoms with Crippen LogP contribution in [0, 0.1) is 11.8 Å². The SMILES string of the molecule is CC[C@H]1C[C@@H]2C[C@H]3c4c(c5cc(OC(=O)NCCN(C)C)ccc5n4P(=O)(OC)OC)CCN(C2)[C@@H]13. The zero-order chi connectivity index (χ0) is 25.6. The van der Waals surface area contributed by atoms with Crippen molar-refractivity contribution < 1.29 is 23.1 Å². The molecule has 198 valence electrons. The number of fused-ring (bicyclic) bond motifs is 4. The Morgan fingerprint density at radius 2 is 2.00 bits per heavy atom. The number of rotatable bonds is 8. The Morgan fingerprint density at radius 1 is 1.22 bits per heavy atom. The summed E-state index contributed by atoms with van der Waals surface area (Å²) in [5, 5.41) is 3.75. The average molecular weight is 519 g/mol. The van der Waals surface area contributed by atoms with Crippen LogP contribution in [0.2, 0.25) is 0 Å². The number of hydrogen-bond donors (Lipinski definition) is 1. The fourth-order valence-electron chi connectivity index (χ4n) is 6.89. The fraction of sp³-hybridized carbons (Fsp3) is 0.654. The number of likely N-dealkylation sites (N-methyl/N-ethyl adjacent to an activating group) is 1. The lowest BCUT2D eigenvalue weighted by Gasteiger charge is -2.53. The van der Waals surface area contributed by atoms with E-state index < -0.39 is 13.8 Å². The van der Waals surface area contributed by atoms with Crippen molar-refractivity contribution in [3.63, 3.8) is 0 Å². The predicted octanol–water partition coefficient (Wildman–Crippen LogP) is 4.30. The largest absolute Gasteiger partial charge is 0.439 e. The third-order valence-corrected chi connectivity index (χ3v) is 10.2. The van der Waals surface area contributed by atoms with Gasteiger partial charge in [-0.3, -0.25) is 18.3 Å². The van der Waals surface area contributed by atoms with E-state index >= 15 is 0 Å². The van der Waals surface area contributed by atoms with Crippen molar-refractivity contribution in [3.8, 4) is 5.75 Å². The molecule has 9 nitrogen and oxygen atoms in total.